The van der Waals surface area contributed by atoms with Gasteiger partial charge in [0.05, 0.1) is 20.8 Å². The van der Waals surface area contributed by atoms with Crippen molar-refractivity contribution in [3.63, 3.8) is 0 Å². The van der Waals surface area contributed by atoms with Gasteiger partial charge in [0.15, 0.2) is 22.3 Å². The zero-order valence-corrected chi connectivity index (χ0v) is 23.6. The van der Waals surface area contributed by atoms with Crippen LogP contribution in [0.5, 0.6) is 17.4 Å². The number of rotatable bonds is 10. The van der Waals surface area contributed by atoms with E-state index >= 15 is 0 Å². The molecule has 0 bridgehead atoms. The summed E-state index contributed by atoms with van der Waals surface area (Å²) in [4.78, 5) is 22.4. The molecule has 4 aromatic heterocycles. The van der Waals surface area contributed by atoms with Crippen LogP contribution in [0.1, 0.15) is 24.4 Å². The fraction of sp³-hybridized carbons (Fsp3) is 0.192. The molecule has 5 rings (SSSR count). The van der Waals surface area contributed by atoms with Crippen LogP contribution in [0.25, 0.3) is 28.5 Å². The smallest absolute Gasteiger partial charge is 0.213 e. The Morgan fingerprint density at radius 1 is 0.976 bits per heavy atom. The zero-order chi connectivity index (χ0) is 29.1. The van der Waals surface area contributed by atoms with E-state index in [2.05, 4.69) is 29.6 Å². The van der Waals surface area contributed by atoms with E-state index in [0.717, 1.165) is 6.07 Å². The van der Waals surface area contributed by atoms with Gasteiger partial charge in [0.1, 0.15) is 46.1 Å². The first-order chi connectivity index (χ1) is 19.9. The van der Waals surface area contributed by atoms with Crippen LogP contribution in [0, 0.1) is 5.82 Å². The van der Waals surface area contributed by atoms with Crippen molar-refractivity contribution in [2.24, 2.45) is 0 Å². The number of imidazole rings is 1. The van der Waals surface area contributed by atoms with Crippen LogP contribution in [-0.2, 0) is 10.9 Å². The number of hydrogen-bond donors (Lipinski definition) is 2. The molecule has 0 radical (unpaired) electrons. The molecule has 0 saturated heterocycles. The molecular weight excluding hydrogens is 577 g/mol. The van der Waals surface area contributed by atoms with Gasteiger partial charge in [-0.3, -0.25) is 9.55 Å². The van der Waals surface area contributed by atoms with Crippen molar-refractivity contribution in [1.82, 2.24) is 34.2 Å². The third-order valence-electron chi connectivity index (χ3n) is 5.92. The molecule has 0 saturated carbocycles. The molecule has 0 spiro atoms. The van der Waals surface area contributed by atoms with Gasteiger partial charge in [0.2, 0.25) is 16.8 Å². The van der Waals surface area contributed by atoms with Gasteiger partial charge in [0.25, 0.3) is 0 Å². The number of fused-ring (bicyclic) bond motifs is 1. The van der Waals surface area contributed by atoms with E-state index in [4.69, 9.17) is 25.8 Å². The first-order valence-corrected chi connectivity index (χ1v) is 13.7. The van der Waals surface area contributed by atoms with Crippen LogP contribution >= 0.6 is 11.6 Å². The Balaban J connectivity index is 1.86. The van der Waals surface area contributed by atoms with Crippen molar-refractivity contribution < 1.29 is 27.0 Å². The van der Waals surface area contributed by atoms with Gasteiger partial charge in [-0.2, -0.15) is 0 Å². The molecule has 1 atom stereocenters. The molecule has 5 aromatic rings. The minimum Gasteiger partial charge on any atom is -0.494 e. The van der Waals surface area contributed by atoms with Gasteiger partial charge in [-0.1, -0.05) is 23.7 Å². The van der Waals surface area contributed by atoms with Crippen LogP contribution in [0.15, 0.2) is 54.7 Å². The normalized spacial score (nSPS) is 12.0. The third kappa shape index (κ3) is 5.49. The number of nitrogens with one attached hydrogen (secondary N) is 1. The number of para-hydroxylation sites is 1. The second-order valence-electron chi connectivity index (χ2n) is 8.31. The fourth-order valence-electron chi connectivity index (χ4n) is 4.24. The molecule has 15 heteroatoms. The predicted octanol–water partition coefficient (Wildman–Crippen LogP) is 3.69. The first kappa shape index (κ1) is 28.1. The highest BCUT2D eigenvalue weighted by Crippen LogP contribution is 2.39. The second kappa shape index (κ2) is 12.0. The molecular formula is C26H23ClFN7O5S. The molecule has 212 valence electrons. The maximum atomic E-state index is 14.8. The number of ether oxygens (including phenoxy) is 3. The number of nitrogens with zero attached hydrogens (tertiary/aromatic N) is 6. The zero-order valence-electron chi connectivity index (χ0n) is 21.9. The van der Waals surface area contributed by atoms with Crippen LogP contribution in [0.2, 0.25) is 5.15 Å². The summed E-state index contributed by atoms with van der Waals surface area (Å²) in [6, 6.07) is 11.5. The van der Waals surface area contributed by atoms with E-state index < -0.39 is 22.7 Å². The largest absolute Gasteiger partial charge is 0.494 e. The average molecular weight is 600 g/mol. The highest BCUT2D eigenvalue weighted by Gasteiger charge is 2.29. The van der Waals surface area contributed by atoms with Crippen molar-refractivity contribution in [1.29, 1.82) is 0 Å². The Kier molecular flexibility index (Phi) is 8.23. The number of halogens is 2. The summed E-state index contributed by atoms with van der Waals surface area (Å²) in [7, 11) is -0.243. The second-order valence-corrected chi connectivity index (χ2v) is 9.44. The fourth-order valence-corrected chi connectivity index (χ4v) is 4.93. The lowest BCUT2D eigenvalue weighted by Crippen LogP contribution is -2.25. The van der Waals surface area contributed by atoms with Crippen molar-refractivity contribution >= 4 is 33.8 Å². The van der Waals surface area contributed by atoms with E-state index in [9.17, 15) is 12.8 Å². The van der Waals surface area contributed by atoms with Crippen molar-refractivity contribution in [3.8, 4) is 34.6 Å². The SMILES string of the molecule is CCOc1cccc(-c2nc3nc(Cl)c(C(N[SH](=O)=O)c4ncccc4F)nc3n2-c2c(OC)cccc2OC)n1. The van der Waals surface area contributed by atoms with Gasteiger partial charge in [-0.25, -0.2) is 37.5 Å². The summed E-state index contributed by atoms with van der Waals surface area (Å²) in [5.41, 5.74) is 0.689. The van der Waals surface area contributed by atoms with E-state index in [1.165, 1.54) is 26.5 Å². The first-order valence-electron chi connectivity index (χ1n) is 12.1. The van der Waals surface area contributed by atoms with Crippen LogP contribution < -0.4 is 18.9 Å². The van der Waals surface area contributed by atoms with Crippen molar-refractivity contribution in [2.75, 3.05) is 20.8 Å². The molecule has 4 heterocycles. The maximum absolute atomic E-state index is 14.8. The number of benzene rings is 1. The Hall–Kier alpha value is -4.40. The number of thiol groups is 1. The van der Waals surface area contributed by atoms with Gasteiger partial charge in [-0.15, -0.1) is 0 Å². The standard InChI is InChI=1S/C26H23ClFN7O5S/c1-4-40-18-12-5-9-15(30-18)25-33-24-26(35(25)22-16(38-2)10-6-11-17(22)39-3)31-21(23(27)32-24)20(34-41(36)37)19-14(28)8-7-13-29-19/h5-13,20,41H,4H2,1-3H3,(H,34,36,37). The van der Waals surface area contributed by atoms with Crippen LogP contribution in [0.3, 0.4) is 0 Å². The van der Waals surface area contributed by atoms with Crippen molar-refractivity contribution in [3.05, 3.63) is 77.1 Å². The molecule has 0 amide bonds. The summed E-state index contributed by atoms with van der Waals surface area (Å²) in [6.45, 7) is 2.24. The minimum atomic E-state index is -3.23. The lowest BCUT2D eigenvalue weighted by atomic mass is 10.1. The Morgan fingerprint density at radius 3 is 2.37 bits per heavy atom. The number of aromatic nitrogens is 6. The monoisotopic (exact) mass is 599 g/mol. The minimum absolute atomic E-state index is 0.0945. The predicted molar refractivity (Wildman–Crippen MR) is 149 cm³/mol. The Labute approximate surface area is 240 Å². The number of pyridine rings is 2. The topological polar surface area (TPSA) is 143 Å². The van der Waals surface area contributed by atoms with Gasteiger partial charge < -0.3 is 14.2 Å². The summed E-state index contributed by atoms with van der Waals surface area (Å²) in [5, 5.41) is -0.212. The molecule has 0 aliphatic carbocycles. The number of methoxy groups -OCH3 is 2. The highest BCUT2D eigenvalue weighted by atomic mass is 35.5. The summed E-state index contributed by atoms with van der Waals surface area (Å²) >= 11 is 6.53. The van der Waals surface area contributed by atoms with E-state index in [1.54, 1.807) is 41.0 Å². The van der Waals surface area contributed by atoms with Crippen LogP contribution in [0.4, 0.5) is 4.39 Å². The van der Waals surface area contributed by atoms with Gasteiger partial charge in [0, 0.05) is 12.3 Å². The molecule has 0 fully saturated rings. The molecule has 41 heavy (non-hydrogen) atoms. The third-order valence-corrected chi connectivity index (χ3v) is 6.66. The molecule has 0 aliphatic heterocycles. The van der Waals surface area contributed by atoms with Gasteiger partial charge in [-0.05, 0) is 37.3 Å². The summed E-state index contributed by atoms with van der Waals surface area (Å²) in [5.74, 6) is 0.678. The highest BCUT2D eigenvalue weighted by molar-refractivity contribution is 7.70. The number of hydrogen-bond acceptors (Lipinski definition) is 10. The summed E-state index contributed by atoms with van der Waals surface area (Å²) in [6.07, 6.45) is 1.32. The molecule has 1 unspecified atom stereocenters. The van der Waals surface area contributed by atoms with Crippen LogP contribution in [-0.4, -0.2) is 58.7 Å². The Morgan fingerprint density at radius 2 is 1.71 bits per heavy atom. The van der Waals surface area contributed by atoms with Crippen molar-refractivity contribution in [2.45, 2.75) is 13.0 Å². The lowest BCUT2D eigenvalue weighted by Gasteiger charge is -2.18. The maximum Gasteiger partial charge on any atom is 0.213 e. The van der Waals surface area contributed by atoms with E-state index in [-0.39, 0.29) is 33.7 Å². The molecule has 12 nitrogen and oxygen atoms in total. The van der Waals surface area contributed by atoms with E-state index in [0.29, 0.717) is 35.4 Å². The lowest BCUT2D eigenvalue weighted by molar-refractivity contribution is 0.327. The molecule has 0 aliphatic rings. The quantitative estimate of drug-likeness (QED) is 0.228. The summed E-state index contributed by atoms with van der Waals surface area (Å²) < 4.78 is 59.2. The molecule has 1 aromatic carbocycles. The molecule has 1 N–H and O–H groups in total. The Bertz CT molecular complexity index is 1790. The van der Waals surface area contributed by atoms with E-state index in [1.807, 2.05) is 6.92 Å². The van der Waals surface area contributed by atoms with Gasteiger partial charge >= 0.3 is 0 Å². The average Bonchev–Trinajstić information content (AvgIpc) is 3.33.